The lowest BCUT2D eigenvalue weighted by atomic mass is 9.97. The summed E-state index contributed by atoms with van der Waals surface area (Å²) in [4.78, 5) is 29.4. The van der Waals surface area contributed by atoms with E-state index in [4.69, 9.17) is 28.1 Å². The maximum Gasteiger partial charge on any atom is 0.291 e. The van der Waals surface area contributed by atoms with Crippen LogP contribution in [-0.2, 0) is 6.54 Å². The molecular formula is C29H25NO8. The molecule has 3 aromatic carbocycles. The fourth-order valence-electron chi connectivity index (χ4n) is 5.14. The van der Waals surface area contributed by atoms with Crippen LogP contribution in [-0.4, -0.2) is 38.9 Å². The smallest absolute Gasteiger partial charge is 0.291 e. The summed E-state index contributed by atoms with van der Waals surface area (Å²) in [5.74, 6) is 2.10. The summed E-state index contributed by atoms with van der Waals surface area (Å²) in [6.07, 6.45) is 0. The van der Waals surface area contributed by atoms with Gasteiger partial charge in [-0.2, -0.15) is 0 Å². The summed E-state index contributed by atoms with van der Waals surface area (Å²) >= 11 is 0. The van der Waals surface area contributed by atoms with Crippen molar-refractivity contribution in [3.63, 3.8) is 0 Å². The second-order valence-corrected chi connectivity index (χ2v) is 9.16. The van der Waals surface area contributed by atoms with Crippen molar-refractivity contribution in [3.8, 4) is 28.7 Å². The number of nitrogens with zero attached hydrogens (tertiary/aromatic N) is 1. The van der Waals surface area contributed by atoms with Crippen LogP contribution in [0.1, 0.15) is 38.9 Å². The van der Waals surface area contributed by atoms with Crippen molar-refractivity contribution in [1.82, 2.24) is 4.90 Å². The van der Waals surface area contributed by atoms with Gasteiger partial charge in [0.25, 0.3) is 5.91 Å². The Morgan fingerprint density at radius 1 is 0.895 bits per heavy atom. The SMILES string of the molecule is COc1cc(C2c3c(oc4ccc(C)cc4c3=O)C(=O)N2Cc2ccc3c(c2)OCO3)cc(OC)c1OC. The Kier molecular flexibility index (Phi) is 5.63. The molecule has 2 aliphatic heterocycles. The Hall–Kier alpha value is -4.66. The van der Waals surface area contributed by atoms with Gasteiger partial charge in [0.1, 0.15) is 5.58 Å². The van der Waals surface area contributed by atoms with Crippen LogP contribution >= 0.6 is 0 Å². The van der Waals surface area contributed by atoms with Crippen LogP contribution < -0.4 is 29.1 Å². The van der Waals surface area contributed by atoms with E-state index in [-0.39, 0.29) is 30.1 Å². The summed E-state index contributed by atoms with van der Waals surface area (Å²) in [6, 6.07) is 13.6. The number of hydrogen-bond donors (Lipinski definition) is 0. The standard InChI is InChI=1S/C29H25NO8/c1-15-5-7-19-18(9-15)26(31)24-25(17-11-22(33-2)27(35-4)23(12-17)34-3)30(29(32)28(24)38-19)13-16-6-8-20-21(10-16)37-14-36-20/h5-12,25H,13-14H2,1-4H3. The van der Waals surface area contributed by atoms with Crippen LogP contribution in [0.3, 0.4) is 0 Å². The number of hydrogen-bond acceptors (Lipinski definition) is 8. The first kappa shape index (κ1) is 23.7. The molecule has 0 fully saturated rings. The molecule has 9 nitrogen and oxygen atoms in total. The van der Waals surface area contributed by atoms with Crippen LogP contribution in [0.5, 0.6) is 28.7 Å². The predicted molar refractivity (Wildman–Crippen MR) is 138 cm³/mol. The average molecular weight is 516 g/mol. The lowest BCUT2D eigenvalue weighted by molar-refractivity contribution is 0.0713. The summed E-state index contributed by atoms with van der Waals surface area (Å²) in [5, 5.41) is 0.416. The Bertz CT molecular complexity index is 1630. The van der Waals surface area contributed by atoms with Gasteiger partial charge in [-0.3, -0.25) is 9.59 Å². The van der Waals surface area contributed by atoms with Gasteiger partial charge in [0.05, 0.1) is 38.3 Å². The van der Waals surface area contributed by atoms with Crippen molar-refractivity contribution in [2.24, 2.45) is 0 Å². The highest BCUT2D eigenvalue weighted by molar-refractivity contribution is 5.99. The van der Waals surface area contributed by atoms with Gasteiger partial charge in [0, 0.05) is 6.54 Å². The number of aryl methyl sites for hydroxylation is 1. The molecule has 0 bridgehead atoms. The monoisotopic (exact) mass is 515 g/mol. The van der Waals surface area contributed by atoms with Gasteiger partial charge in [0.15, 0.2) is 28.4 Å². The zero-order valence-corrected chi connectivity index (χ0v) is 21.3. The van der Waals surface area contributed by atoms with Crippen LogP contribution in [0.25, 0.3) is 11.0 Å². The molecule has 9 heteroatoms. The number of methoxy groups -OCH3 is 3. The van der Waals surface area contributed by atoms with Crippen molar-refractivity contribution in [1.29, 1.82) is 0 Å². The summed E-state index contributed by atoms with van der Waals surface area (Å²) in [6.45, 7) is 2.24. The topological polar surface area (TPSA) is 96.7 Å². The lowest BCUT2D eigenvalue weighted by Crippen LogP contribution is -2.29. The lowest BCUT2D eigenvalue weighted by Gasteiger charge is -2.26. The number of carbonyl (C=O) groups excluding carboxylic acids is 1. The number of benzene rings is 3. The van der Waals surface area contributed by atoms with Crippen LogP contribution in [0.15, 0.2) is 57.7 Å². The fraction of sp³-hybridized carbons (Fsp3) is 0.241. The first-order chi connectivity index (χ1) is 18.4. The van der Waals surface area contributed by atoms with Crippen LogP contribution in [0.4, 0.5) is 0 Å². The minimum Gasteiger partial charge on any atom is -0.493 e. The first-order valence-corrected chi connectivity index (χ1v) is 12.0. The number of carbonyl (C=O) groups is 1. The quantitative estimate of drug-likeness (QED) is 0.368. The highest BCUT2D eigenvalue weighted by atomic mass is 16.7. The Morgan fingerprint density at radius 3 is 2.34 bits per heavy atom. The third-order valence-electron chi connectivity index (χ3n) is 6.91. The van der Waals surface area contributed by atoms with Gasteiger partial charge in [0.2, 0.25) is 18.3 Å². The highest BCUT2D eigenvalue weighted by Gasteiger charge is 2.43. The molecule has 0 spiro atoms. The van der Waals surface area contributed by atoms with E-state index in [1.807, 2.05) is 25.1 Å². The molecule has 1 atom stereocenters. The summed E-state index contributed by atoms with van der Waals surface area (Å²) in [5.41, 5.74) is 2.71. The minimum absolute atomic E-state index is 0.0193. The molecule has 6 rings (SSSR count). The first-order valence-electron chi connectivity index (χ1n) is 12.0. The molecular weight excluding hydrogens is 490 g/mol. The number of ether oxygens (including phenoxy) is 5. The molecule has 0 aliphatic carbocycles. The summed E-state index contributed by atoms with van der Waals surface area (Å²) < 4.78 is 33.7. The van der Waals surface area contributed by atoms with Gasteiger partial charge in [-0.05, 0) is 54.4 Å². The molecule has 3 heterocycles. The van der Waals surface area contributed by atoms with Crippen molar-refractivity contribution >= 4 is 16.9 Å². The average Bonchev–Trinajstić information content (AvgIpc) is 3.51. The molecule has 194 valence electrons. The van der Waals surface area contributed by atoms with Crippen LogP contribution in [0.2, 0.25) is 0 Å². The summed E-state index contributed by atoms with van der Waals surface area (Å²) in [7, 11) is 4.55. The van der Waals surface area contributed by atoms with E-state index < -0.39 is 11.9 Å². The maximum atomic E-state index is 13.9. The van der Waals surface area contributed by atoms with Crippen molar-refractivity contribution in [3.05, 3.63) is 86.8 Å². The Balaban J connectivity index is 1.56. The van der Waals surface area contributed by atoms with Gasteiger partial charge >= 0.3 is 0 Å². The zero-order chi connectivity index (χ0) is 26.6. The minimum atomic E-state index is -0.766. The molecule has 0 radical (unpaired) electrons. The number of amides is 1. The van der Waals surface area contributed by atoms with Crippen molar-refractivity contribution in [2.45, 2.75) is 19.5 Å². The van der Waals surface area contributed by atoms with E-state index in [1.54, 1.807) is 35.2 Å². The van der Waals surface area contributed by atoms with E-state index in [1.165, 1.54) is 21.3 Å². The van der Waals surface area contributed by atoms with Gasteiger partial charge in [-0.15, -0.1) is 0 Å². The van der Waals surface area contributed by atoms with Gasteiger partial charge in [-0.25, -0.2) is 0 Å². The predicted octanol–water partition coefficient (Wildman–Crippen LogP) is 4.60. The Morgan fingerprint density at radius 2 is 1.63 bits per heavy atom. The number of rotatable bonds is 6. The number of fused-ring (bicyclic) bond motifs is 3. The Labute approximate surface area is 218 Å². The normalized spacial score (nSPS) is 15.6. The van der Waals surface area contributed by atoms with Crippen molar-refractivity contribution < 1.29 is 32.9 Å². The van der Waals surface area contributed by atoms with Crippen molar-refractivity contribution in [2.75, 3.05) is 28.1 Å². The molecule has 1 unspecified atom stereocenters. The third kappa shape index (κ3) is 3.61. The van der Waals surface area contributed by atoms with E-state index in [2.05, 4.69) is 0 Å². The molecule has 0 N–H and O–H groups in total. The second-order valence-electron chi connectivity index (χ2n) is 9.16. The van der Waals surface area contributed by atoms with E-state index in [0.29, 0.717) is 45.3 Å². The molecule has 1 amide bonds. The molecule has 4 aromatic rings. The zero-order valence-electron chi connectivity index (χ0n) is 21.3. The highest BCUT2D eigenvalue weighted by Crippen LogP contribution is 2.46. The van der Waals surface area contributed by atoms with E-state index in [9.17, 15) is 9.59 Å². The van der Waals surface area contributed by atoms with Gasteiger partial charge < -0.3 is 33.0 Å². The molecule has 38 heavy (non-hydrogen) atoms. The van der Waals surface area contributed by atoms with E-state index >= 15 is 0 Å². The molecule has 1 aromatic heterocycles. The third-order valence-corrected chi connectivity index (χ3v) is 6.91. The maximum absolute atomic E-state index is 13.9. The largest absolute Gasteiger partial charge is 0.493 e. The molecule has 0 saturated carbocycles. The van der Waals surface area contributed by atoms with Gasteiger partial charge in [-0.1, -0.05) is 17.7 Å². The van der Waals surface area contributed by atoms with E-state index in [0.717, 1.165) is 11.1 Å². The molecule has 0 saturated heterocycles. The van der Waals surface area contributed by atoms with Crippen LogP contribution in [0, 0.1) is 6.92 Å². The fourth-order valence-corrected chi connectivity index (χ4v) is 5.14. The second kappa shape index (κ2) is 9.02. The molecule has 2 aliphatic rings.